The molecule has 0 aliphatic rings. The first-order valence-corrected chi connectivity index (χ1v) is 12.2. The second-order valence-corrected chi connectivity index (χ2v) is 8.94. The molecule has 3 rings (SSSR count). The number of nitrogens with zero attached hydrogens (tertiary/aromatic N) is 1. The molecule has 30 heavy (non-hydrogen) atoms. The van der Waals surface area contributed by atoms with E-state index in [4.69, 9.17) is 9.72 Å². The maximum atomic E-state index is 12.1. The van der Waals surface area contributed by atoms with E-state index in [1.807, 2.05) is 24.3 Å². The summed E-state index contributed by atoms with van der Waals surface area (Å²) in [6.45, 7) is 4.82. The van der Waals surface area contributed by atoms with Crippen LogP contribution >= 0.6 is 11.3 Å². The van der Waals surface area contributed by atoms with Crippen LogP contribution in [0.4, 0.5) is 0 Å². The van der Waals surface area contributed by atoms with E-state index in [0.29, 0.717) is 12.2 Å². The van der Waals surface area contributed by atoms with Crippen molar-refractivity contribution in [1.82, 2.24) is 4.98 Å². The zero-order valence-electron chi connectivity index (χ0n) is 18.3. The van der Waals surface area contributed by atoms with E-state index < -0.39 is 0 Å². The predicted molar refractivity (Wildman–Crippen MR) is 127 cm³/mol. The van der Waals surface area contributed by atoms with Crippen LogP contribution in [0.15, 0.2) is 42.5 Å². The Kier molecular flexibility index (Phi) is 8.88. The van der Waals surface area contributed by atoms with Crippen LogP contribution in [0.5, 0.6) is 0 Å². The van der Waals surface area contributed by atoms with Gasteiger partial charge in [0.1, 0.15) is 5.01 Å². The second kappa shape index (κ2) is 11.8. The number of hydrogen-bond donors (Lipinski definition) is 0. The topological polar surface area (TPSA) is 39.2 Å². The molecule has 2 aromatic carbocycles. The number of unbranched alkanes of at least 4 members (excludes halogenated alkanes) is 6. The van der Waals surface area contributed by atoms with Crippen LogP contribution in [0.3, 0.4) is 0 Å². The highest BCUT2D eigenvalue weighted by Crippen LogP contribution is 2.31. The van der Waals surface area contributed by atoms with Gasteiger partial charge in [-0.3, -0.25) is 0 Å². The monoisotopic (exact) mass is 423 g/mol. The van der Waals surface area contributed by atoms with Crippen LogP contribution in [0, 0.1) is 0 Å². The Morgan fingerprint density at radius 1 is 0.900 bits per heavy atom. The predicted octanol–water partition coefficient (Wildman–Crippen LogP) is 7.82. The standard InChI is InChI=1S/C26H33NO2S/c1-3-5-7-8-9-10-11-20-12-17-23-24(19-20)30-25(27-23)21-13-15-22(16-14-21)26(28)29-18-6-4-2/h12-17,19H,3-11,18H2,1-2H3. The average molecular weight is 424 g/mol. The molecule has 0 bridgehead atoms. The van der Waals surface area contributed by atoms with Crippen molar-refractivity contribution in [2.75, 3.05) is 6.61 Å². The Labute approximate surface area is 184 Å². The van der Waals surface area contributed by atoms with Crippen molar-refractivity contribution in [2.24, 2.45) is 0 Å². The smallest absolute Gasteiger partial charge is 0.338 e. The summed E-state index contributed by atoms with van der Waals surface area (Å²) in [4.78, 5) is 16.9. The van der Waals surface area contributed by atoms with Crippen molar-refractivity contribution in [3.8, 4) is 10.6 Å². The maximum absolute atomic E-state index is 12.1. The molecular formula is C26H33NO2S. The summed E-state index contributed by atoms with van der Waals surface area (Å²) in [5.41, 5.74) is 4.08. The van der Waals surface area contributed by atoms with E-state index in [2.05, 4.69) is 32.0 Å². The Morgan fingerprint density at radius 2 is 1.63 bits per heavy atom. The van der Waals surface area contributed by atoms with Gasteiger partial charge in [-0.05, 0) is 49.1 Å². The van der Waals surface area contributed by atoms with Gasteiger partial charge in [0.15, 0.2) is 0 Å². The number of thiazole rings is 1. The molecule has 0 amide bonds. The molecule has 1 aromatic heterocycles. The highest BCUT2D eigenvalue weighted by Gasteiger charge is 2.10. The minimum Gasteiger partial charge on any atom is -0.462 e. The third kappa shape index (κ3) is 6.40. The number of carbonyl (C=O) groups is 1. The van der Waals surface area contributed by atoms with E-state index in [-0.39, 0.29) is 5.97 Å². The van der Waals surface area contributed by atoms with Gasteiger partial charge in [-0.1, -0.05) is 70.6 Å². The summed E-state index contributed by atoms with van der Waals surface area (Å²) in [5, 5.41) is 0.993. The normalized spacial score (nSPS) is 11.1. The molecule has 3 aromatic rings. The fourth-order valence-corrected chi connectivity index (χ4v) is 4.53. The van der Waals surface area contributed by atoms with Crippen molar-refractivity contribution in [3.05, 3.63) is 53.6 Å². The number of esters is 1. The fourth-order valence-electron chi connectivity index (χ4n) is 3.50. The SMILES string of the molecule is CCCCCCCCc1ccc2nc(-c3ccc(C(=O)OCCCC)cc3)sc2c1. The van der Waals surface area contributed by atoms with E-state index in [1.54, 1.807) is 11.3 Å². The zero-order valence-corrected chi connectivity index (χ0v) is 19.1. The Bertz CT molecular complexity index is 930. The van der Waals surface area contributed by atoms with Crippen LogP contribution in [-0.2, 0) is 11.2 Å². The van der Waals surface area contributed by atoms with E-state index in [0.717, 1.165) is 35.4 Å². The average Bonchev–Trinajstić information content (AvgIpc) is 3.20. The third-order valence-electron chi connectivity index (χ3n) is 5.37. The fraction of sp³-hybridized carbons (Fsp3) is 0.462. The summed E-state index contributed by atoms with van der Waals surface area (Å²) < 4.78 is 6.52. The maximum Gasteiger partial charge on any atom is 0.338 e. The van der Waals surface area contributed by atoms with Gasteiger partial charge in [-0.2, -0.15) is 0 Å². The van der Waals surface area contributed by atoms with Gasteiger partial charge in [0.25, 0.3) is 0 Å². The number of aromatic nitrogens is 1. The van der Waals surface area contributed by atoms with Gasteiger partial charge < -0.3 is 4.74 Å². The molecule has 3 nitrogen and oxygen atoms in total. The summed E-state index contributed by atoms with van der Waals surface area (Å²) in [6, 6.07) is 14.2. The second-order valence-electron chi connectivity index (χ2n) is 7.91. The summed E-state index contributed by atoms with van der Waals surface area (Å²) in [5.74, 6) is -0.251. The molecule has 0 aliphatic carbocycles. The number of hydrogen-bond acceptors (Lipinski definition) is 4. The summed E-state index contributed by atoms with van der Waals surface area (Å²) >= 11 is 1.72. The Balaban J connectivity index is 1.60. The van der Waals surface area contributed by atoms with Crippen molar-refractivity contribution in [2.45, 2.75) is 71.6 Å². The van der Waals surface area contributed by atoms with E-state index in [9.17, 15) is 4.79 Å². The molecular weight excluding hydrogens is 390 g/mol. The van der Waals surface area contributed by atoms with E-state index in [1.165, 1.54) is 48.8 Å². The molecule has 0 aliphatic heterocycles. The van der Waals surface area contributed by atoms with Gasteiger partial charge in [0.2, 0.25) is 0 Å². The van der Waals surface area contributed by atoms with E-state index >= 15 is 0 Å². The first-order chi connectivity index (χ1) is 14.7. The van der Waals surface area contributed by atoms with Crippen molar-refractivity contribution < 1.29 is 9.53 Å². The highest BCUT2D eigenvalue weighted by atomic mass is 32.1. The summed E-state index contributed by atoms with van der Waals surface area (Å²) in [6.07, 6.45) is 11.0. The molecule has 0 fully saturated rings. The Hall–Kier alpha value is -2.20. The molecule has 4 heteroatoms. The molecule has 0 saturated heterocycles. The third-order valence-corrected chi connectivity index (χ3v) is 6.44. The van der Waals surface area contributed by atoms with Gasteiger partial charge in [0.05, 0.1) is 22.4 Å². The van der Waals surface area contributed by atoms with Crippen molar-refractivity contribution in [3.63, 3.8) is 0 Å². The largest absolute Gasteiger partial charge is 0.462 e. The van der Waals surface area contributed by atoms with Crippen molar-refractivity contribution in [1.29, 1.82) is 0 Å². The summed E-state index contributed by atoms with van der Waals surface area (Å²) in [7, 11) is 0. The molecule has 0 spiro atoms. The van der Waals surface area contributed by atoms with Crippen LogP contribution in [0.2, 0.25) is 0 Å². The molecule has 0 N–H and O–H groups in total. The number of fused-ring (bicyclic) bond motifs is 1. The number of rotatable bonds is 12. The van der Waals surface area contributed by atoms with Crippen LogP contribution in [0.25, 0.3) is 20.8 Å². The molecule has 0 radical (unpaired) electrons. The number of carbonyl (C=O) groups excluding carboxylic acids is 1. The minimum absolute atomic E-state index is 0.251. The lowest BCUT2D eigenvalue weighted by atomic mass is 10.0. The first-order valence-electron chi connectivity index (χ1n) is 11.4. The number of ether oxygens (including phenoxy) is 1. The number of benzene rings is 2. The lowest BCUT2D eigenvalue weighted by molar-refractivity contribution is 0.0500. The van der Waals surface area contributed by atoms with Crippen LogP contribution in [0.1, 0.15) is 81.1 Å². The molecule has 0 atom stereocenters. The van der Waals surface area contributed by atoms with Gasteiger partial charge in [-0.25, -0.2) is 9.78 Å². The van der Waals surface area contributed by atoms with Crippen LogP contribution in [-0.4, -0.2) is 17.6 Å². The Morgan fingerprint density at radius 3 is 2.40 bits per heavy atom. The quantitative estimate of drug-likeness (QED) is 0.220. The van der Waals surface area contributed by atoms with Gasteiger partial charge in [0, 0.05) is 5.56 Å². The minimum atomic E-state index is -0.251. The molecule has 1 heterocycles. The molecule has 0 saturated carbocycles. The van der Waals surface area contributed by atoms with Crippen molar-refractivity contribution >= 4 is 27.5 Å². The first kappa shape index (κ1) is 22.5. The number of aryl methyl sites for hydroxylation is 1. The van der Waals surface area contributed by atoms with Gasteiger partial charge >= 0.3 is 5.97 Å². The molecule has 160 valence electrons. The zero-order chi connectivity index (χ0) is 21.2. The highest BCUT2D eigenvalue weighted by molar-refractivity contribution is 7.21. The molecule has 0 unspecified atom stereocenters. The lowest BCUT2D eigenvalue weighted by Crippen LogP contribution is -2.05. The van der Waals surface area contributed by atoms with Gasteiger partial charge in [-0.15, -0.1) is 11.3 Å². The lowest BCUT2D eigenvalue weighted by Gasteiger charge is -2.04. The van der Waals surface area contributed by atoms with Crippen LogP contribution < -0.4 is 0 Å².